The lowest BCUT2D eigenvalue weighted by molar-refractivity contribution is -0.274. The van der Waals surface area contributed by atoms with Gasteiger partial charge in [-0.15, -0.1) is 13.2 Å². The molecule has 0 aromatic heterocycles. The summed E-state index contributed by atoms with van der Waals surface area (Å²) in [6, 6.07) is 4.87. The molecular formula is C13H17F3O. The molecule has 0 unspecified atom stereocenters. The van der Waals surface area contributed by atoms with Crippen LogP contribution in [-0.2, 0) is 0 Å². The minimum atomic E-state index is -4.64. The molecule has 0 atom stereocenters. The predicted octanol–water partition coefficient (Wildman–Crippen LogP) is 4.83. The number of hydrogen-bond donors (Lipinski definition) is 0. The van der Waals surface area contributed by atoms with Crippen molar-refractivity contribution in [3.63, 3.8) is 0 Å². The zero-order valence-electron chi connectivity index (χ0n) is 10.4. The number of hydrogen-bond acceptors (Lipinski definition) is 1. The molecule has 4 heteroatoms. The normalized spacial score (nSPS) is 12.3. The molecule has 1 rings (SSSR count). The van der Waals surface area contributed by atoms with E-state index in [0.717, 1.165) is 5.56 Å². The van der Waals surface area contributed by atoms with Crippen molar-refractivity contribution >= 4 is 0 Å². The van der Waals surface area contributed by atoms with E-state index in [1.165, 1.54) is 6.07 Å². The van der Waals surface area contributed by atoms with Gasteiger partial charge in [0.2, 0.25) is 0 Å². The molecule has 1 aromatic rings. The lowest BCUT2D eigenvalue weighted by Gasteiger charge is -2.17. The minimum Gasteiger partial charge on any atom is -0.405 e. The molecule has 0 bridgehead atoms. The molecule has 0 heterocycles. The molecule has 0 spiro atoms. The van der Waals surface area contributed by atoms with Crippen molar-refractivity contribution < 1.29 is 17.9 Å². The Balaban J connectivity index is 3.13. The van der Waals surface area contributed by atoms with Crippen molar-refractivity contribution in [3.05, 3.63) is 29.3 Å². The molecule has 0 aliphatic heterocycles. The van der Waals surface area contributed by atoms with E-state index in [9.17, 15) is 13.2 Å². The molecule has 0 saturated carbocycles. The summed E-state index contributed by atoms with van der Waals surface area (Å²) in [6.45, 7) is 7.71. The van der Waals surface area contributed by atoms with Gasteiger partial charge in [0.15, 0.2) is 0 Å². The van der Waals surface area contributed by atoms with E-state index in [1.807, 2.05) is 27.7 Å². The van der Waals surface area contributed by atoms with E-state index in [1.54, 1.807) is 12.1 Å². The van der Waals surface area contributed by atoms with E-state index < -0.39 is 6.36 Å². The fraction of sp³-hybridized carbons (Fsp3) is 0.538. The second-order valence-corrected chi connectivity index (χ2v) is 4.65. The van der Waals surface area contributed by atoms with Crippen molar-refractivity contribution in [2.24, 2.45) is 0 Å². The first kappa shape index (κ1) is 13.9. The predicted molar refractivity (Wildman–Crippen MR) is 61.3 cm³/mol. The smallest absolute Gasteiger partial charge is 0.405 e. The topological polar surface area (TPSA) is 9.23 Å². The lowest BCUT2D eigenvalue weighted by Crippen LogP contribution is -2.18. The first-order valence-electron chi connectivity index (χ1n) is 5.60. The second-order valence-electron chi connectivity index (χ2n) is 4.65. The van der Waals surface area contributed by atoms with Gasteiger partial charge in [-0.1, -0.05) is 39.8 Å². The summed E-state index contributed by atoms with van der Waals surface area (Å²) in [5.41, 5.74) is 1.61. The van der Waals surface area contributed by atoms with Crippen molar-refractivity contribution in [2.45, 2.75) is 45.9 Å². The zero-order chi connectivity index (χ0) is 13.2. The van der Waals surface area contributed by atoms with Crippen LogP contribution in [0.4, 0.5) is 13.2 Å². The maximum atomic E-state index is 12.2. The van der Waals surface area contributed by atoms with Crippen LogP contribution in [-0.4, -0.2) is 6.36 Å². The summed E-state index contributed by atoms with van der Waals surface area (Å²) in [5.74, 6) is 0.176. The molecule has 0 saturated heterocycles. The number of benzene rings is 1. The summed E-state index contributed by atoms with van der Waals surface area (Å²) in [4.78, 5) is 0. The Morgan fingerprint density at radius 3 is 2.00 bits per heavy atom. The molecule has 0 amide bonds. The average Bonchev–Trinajstić information content (AvgIpc) is 2.14. The lowest BCUT2D eigenvalue weighted by atomic mass is 9.95. The molecular weight excluding hydrogens is 229 g/mol. The van der Waals surface area contributed by atoms with Crippen LogP contribution in [0.5, 0.6) is 5.75 Å². The average molecular weight is 246 g/mol. The first-order valence-corrected chi connectivity index (χ1v) is 5.60. The number of alkyl halides is 3. The summed E-state index contributed by atoms with van der Waals surface area (Å²) in [5, 5.41) is 0. The van der Waals surface area contributed by atoms with Crippen LogP contribution in [0.15, 0.2) is 18.2 Å². The van der Waals surface area contributed by atoms with Gasteiger partial charge in [0.1, 0.15) is 5.75 Å². The van der Waals surface area contributed by atoms with E-state index in [4.69, 9.17) is 0 Å². The van der Waals surface area contributed by atoms with Crippen LogP contribution in [0.1, 0.15) is 50.7 Å². The number of rotatable bonds is 3. The number of ether oxygens (including phenoxy) is 1. The SMILES string of the molecule is CC(C)c1ccc(OC(F)(F)F)c(C(C)C)c1. The van der Waals surface area contributed by atoms with E-state index in [0.29, 0.717) is 5.56 Å². The Labute approximate surface area is 99.6 Å². The highest BCUT2D eigenvalue weighted by atomic mass is 19.4. The van der Waals surface area contributed by atoms with Gasteiger partial charge in [-0.25, -0.2) is 0 Å². The second kappa shape index (κ2) is 4.98. The van der Waals surface area contributed by atoms with Crippen LogP contribution in [0.3, 0.4) is 0 Å². The van der Waals surface area contributed by atoms with Crippen molar-refractivity contribution in [2.75, 3.05) is 0 Å². The maximum absolute atomic E-state index is 12.2. The van der Waals surface area contributed by atoms with Crippen LogP contribution < -0.4 is 4.74 Å². The van der Waals surface area contributed by atoms with Gasteiger partial charge in [-0.05, 0) is 29.0 Å². The standard InChI is InChI=1S/C13H17F3O/c1-8(2)10-5-6-12(17-13(14,15)16)11(7-10)9(3)4/h5-9H,1-4H3. The third-order valence-electron chi connectivity index (χ3n) is 2.55. The zero-order valence-corrected chi connectivity index (χ0v) is 10.4. The van der Waals surface area contributed by atoms with E-state index in [2.05, 4.69) is 4.74 Å². The van der Waals surface area contributed by atoms with Gasteiger partial charge in [0.25, 0.3) is 0 Å². The summed E-state index contributed by atoms with van der Waals surface area (Å²) >= 11 is 0. The van der Waals surface area contributed by atoms with Crippen molar-refractivity contribution in [1.82, 2.24) is 0 Å². The molecule has 1 aromatic carbocycles. The van der Waals surface area contributed by atoms with E-state index in [-0.39, 0.29) is 17.6 Å². The third kappa shape index (κ3) is 3.95. The number of halogens is 3. The Morgan fingerprint density at radius 1 is 1.00 bits per heavy atom. The summed E-state index contributed by atoms with van der Waals surface area (Å²) < 4.78 is 40.7. The molecule has 96 valence electrons. The van der Waals surface area contributed by atoms with Crippen LogP contribution >= 0.6 is 0 Å². The highest BCUT2D eigenvalue weighted by Gasteiger charge is 2.32. The van der Waals surface area contributed by atoms with Gasteiger partial charge in [-0.3, -0.25) is 0 Å². The molecule has 0 fully saturated rings. The molecule has 0 aliphatic rings. The van der Waals surface area contributed by atoms with Gasteiger partial charge in [-0.2, -0.15) is 0 Å². The van der Waals surface area contributed by atoms with Crippen LogP contribution in [0.25, 0.3) is 0 Å². The summed E-state index contributed by atoms with van der Waals surface area (Å²) in [7, 11) is 0. The van der Waals surface area contributed by atoms with Gasteiger partial charge in [0, 0.05) is 0 Å². The molecule has 0 aliphatic carbocycles. The van der Waals surface area contributed by atoms with Crippen molar-refractivity contribution in [1.29, 1.82) is 0 Å². The highest BCUT2D eigenvalue weighted by Crippen LogP contribution is 2.33. The Morgan fingerprint density at radius 2 is 1.59 bits per heavy atom. The minimum absolute atomic E-state index is 0.00829. The quantitative estimate of drug-likeness (QED) is 0.742. The van der Waals surface area contributed by atoms with Gasteiger partial charge >= 0.3 is 6.36 Å². The van der Waals surface area contributed by atoms with E-state index >= 15 is 0 Å². The summed E-state index contributed by atoms with van der Waals surface area (Å²) in [6.07, 6.45) is -4.64. The monoisotopic (exact) mass is 246 g/mol. The molecule has 0 N–H and O–H groups in total. The molecule has 1 nitrogen and oxygen atoms in total. The molecule has 17 heavy (non-hydrogen) atoms. The largest absolute Gasteiger partial charge is 0.573 e. The van der Waals surface area contributed by atoms with Crippen molar-refractivity contribution in [3.8, 4) is 5.75 Å². The van der Waals surface area contributed by atoms with Crippen LogP contribution in [0.2, 0.25) is 0 Å². The first-order chi connectivity index (χ1) is 7.70. The fourth-order valence-corrected chi connectivity index (χ4v) is 1.59. The fourth-order valence-electron chi connectivity index (χ4n) is 1.59. The van der Waals surface area contributed by atoms with Crippen LogP contribution in [0, 0.1) is 0 Å². The van der Waals surface area contributed by atoms with Gasteiger partial charge < -0.3 is 4.74 Å². The van der Waals surface area contributed by atoms with Gasteiger partial charge in [0.05, 0.1) is 0 Å². The Hall–Kier alpha value is -1.19. The third-order valence-corrected chi connectivity index (χ3v) is 2.55. The maximum Gasteiger partial charge on any atom is 0.573 e. The highest BCUT2D eigenvalue weighted by molar-refractivity contribution is 5.40. The Kier molecular flexibility index (Phi) is 4.07. The Bertz CT molecular complexity index is 381. The molecule has 0 radical (unpaired) electrons.